The minimum atomic E-state index is -1.49. The van der Waals surface area contributed by atoms with Crippen molar-refractivity contribution in [2.75, 3.05) is 6.54 Å². The van der Waals surface area contributed by atoms with Crippen LogP contribution in [0.5, 0.6) is 0 Å². The van der Waals surface area contributed by atoms with Crippen LogP contribution in [0.25, 0.3) is 11.3 Å². The second kappa shape index (κ2) is 11.9. The summed E-state index contributed by atoms with van der Waals surface area (Å²) in [5, 5.41) is 0. The van der Waals surface area contributed by atoms with Gasteiger partial charge in [-0.3, -0.25) is 9.78 Å². The average molecular weight is 547 g/mol. The number of aryl methyl sites for hydroxylation is 1. The lowest BCUT2D eigenvalue weighted by Crippen LogP contribution is -2.54. The molecule has 5 nitrogen and oxygen atoms in total. The van der Waals surface area contributed by atoms with E-state index in [1.54, 1.807) is 6.07 Å². The smallest absolute Gasteiger partial charge is 0.226 e. The Morgan fingerprint density at radius 2 is 1.64 bits per heavy atom. The summed E-state index contributed by atoms with van der Waals surface area (Å²) in [7, 11) is 0. The molecule has 1 atom stereocenters. The maximum Gasteiger partial charge on any atom is 0.226 e. The molecule has 1 aliphatic heterocycles. The van der Waals surface area contributed by atoms with Gasteiger partial charge in [0.2, 0.25) is 5.91 Å². The Balaban J connectivity index is 0.000000449. The van der Waals surface area contributed by atoms with Gasteiger partial charge in [0, 0.05) is 36.0 Å². The van der Waals surface area contributed by atoms with Gasteiger partial charge in [0.05, 0.1) is 17.4 Å². The fourth-order valence-corrected chi connectivity index (χ4v) is 5.22. The third-order valence-corrected chi connectivity index (χ3v) is 7.28. The summed E-state index contributed by atoms with van der Waals surface area (Å²) in [6.07, 6.45) is 1.96. The van der Waals surface area contributed by atoms with E-state index in [1.807, 2.05) is 46.4 Å². The molecule has 39 heavy (non-hydrogen) atoms. The van der Waals surface area contributed by atoms with Crippen LogP contribution in [0.1, 0.15) is 78.0 Å². The normalized spacial score (nSPS) is 15.2. The Kier molecular flexibility index (Phi) is 9.23. The Morgan fingerprint density at radius 1 is 1.03 bits per heavy atom. The number of benzene rings is 1. The first-order chi connectivity index (χ1) is 18.2. The van der Waals surface area contributed by atoms with Crippen molar-refractivity contribution in [2.45, 2.75) is 79.8 Å². The van der Waals surface area contributed by atoms with Gasteiger partial charge >= 0.3 is 0 Å². The van der Waals surface area contributed by atoms with E-state index in [-0.39, 0.29) is 35.0 Å². The van der Waals surface area contributed by atoms with Crippen LogP contribution in [0.2, 0.25) is 0 Å². The van der Waals surface area contributed by atoms with E-state index >= 15 is 0 Å². The average Bonchev–Trinajstić information content (AvgIpc) is 3.26. The van der Waals surface area contributed by atoms with Crippen molar-refractivity contribution in [1.82, 2.24) is 19.4 Å². The monoisotopic (exact) mass is 546 g/mol. The molecule has 1 unspecified atom stereocenters. The molecule has 0 bridgehead atoms. The van der Waals surface area contributed by atoms with Crippen molar-refractivity contribution in [1.29, 1.82) is 0 Å². The van der Waals surface area contributed by atoms with Gasteiger partial charge in [0.25, 0.3) is 0 Å². The molecule has 0 radical (unpaired) electrons. The van der Waals surface area contributed by atoms with Gasteiger partial charge in [0.1, 0.15) is 11.6 Å². The molecule has 3 aromatic rings. The number of hydrogen-bond donors (Lipinski definition) is 0. The van der Waals surface area contributed by atoms with Gasteiger partial charge in [-0.25, -0.2) is 22.5 Å². The number of hydrogen-bond acceptors (Lipinski definition) is 3. The van der Waals surface area contributed by atoms with E-state index < -0.39 is 23.0 Å². The molecule has 2 aromatic heterocycles. The number of aromatic nitrogens is 3. The van der Waals surface area contributed by atoms with Crippen molar-refractivity contribution in [3.63, 3.8) is 0 Å². The first kappa shape index (κ1) is 30.3. The van der Waals surface area contributed by atoms with Crippen LogP contribution >= 0.6 is 0 Å². The van der Waals surface area contributed by atoms with Crippen LogP contribution in [0, 0.1) is 42.0 Å². The quantitative estimate of drug-likeness (QED) is 0.248. The molecular weight excluding hydrogens is 508 g/mol. The van der Waals surface area contributed by atoms with Crippen molar-refractivity contribution < 1.29 is 22.4 Å². The number of fused-ring (bicyclic) bond motifs is 1. The summed E-state index contributed by atoms with van der Waals surface area (Å²) >= 11 is 0. The Morgan fingerprint density at radius 3 is 2.10 bits per heavy atom. The Hall–Kier alpha value is -3.23. The molecule has 1 aromatic carbocycles. The summed E-state index contributed by atoms with van der Waals surface area (Å²) in [4.78, 5) is 23.7. The third-order valence-electron chi connectivity index (χ3n) is 7.28. The third kappa shape index (κ3) is 6.17. The van der Waals surface area contributed by atoms with Crippen molar-refractivity contribution in [3.8, 4) is 11.3 Å². The molecule has 1 amide bonds. The molecule has 0 fully saturated rings. The Labute approximate surface area is 228 Å². The van der Waals surface area contributed by atoms with E-state index in [4.69, 9.17) is 4.98 Å². The van der Waals surface area contributed by atoms with Gasteiger partial charge in [0.15, 0.2) is 17.5 Å². The first-order valence-electron chi connectivity index (χ1n) is 13.4. The Bertz CT molecular complexity index is 1270. The van der Waals surface area contributed by atoms with E-state index in [2.05, 4.69) is 23.4 Å². The fourth-order valence-electron chi connectivity index (χ4n) is 5.22. The minimum Gasteiger partial charge on any atom is -0.328 e. The number of nitrogens with zero attached hydrogens (tertiary/aromatic N) is 4. The molecular formula is C30H38F4N4O. The van der Waals surface area contributed by atoms with Gasteiger partial charge in [-0.1, -0.05) is 34.6 Å². The molecule has 1 aliphatic rings. The highest BCUT2D eigenvalue weighted by molar-refractivity contribution is 5.80. The van der Waals surface area contributed by atoms with E-state index in [1.165, 1.54) is 12.3 Å². The predicted molar refractivity (Wildman–Crippen MR) is 144 cm³/mol. The van der Waals surface area contributed by atoms with Crippen LogP contribution in [-0.4, -0.2) is 31.9 Å². The highest BCUT2D eigenvalue weighted by Crippen LogP contribution is 2.40. The zero-order valence-electron chi connectivity index (χ0n) is 23.9. The maximum atomic E-state index is 14.0. The van der Waals surface area contributed by atoms with Gasteiger partial charge in [-0.2, -0.15) is 0 Å². The summed E-state index contributed by atoms with van der Waals surface area (Å²) < 4.78 is 55.5. The molecule has 0 saturated carbocycles. The van der Waals surface area contributed by atoms with E-state index in [0.29, 0.717) is 24.6 Å². The number of rotatable bonds is 5. The lowest BCUT2D eigenvalue weighted by Gasteiger charge is -2.44. The molecule has 4 rings (SSSR count). The largest absolute Gasteiger partial charge is 0.328 e. The summed E-state index contributed by atoms with van der Waals surface area (Å²) in [6.45, 7) is 16.9. The molecule has 212 valence electrons. The second-order valence-electron chi connectivity index (χ2n) is 11.2. The highest BCUT2D eigenvalue weighted by atomic mass is 19.2. The van der Waals surface area contributed by atoms with Gasteiger partial charge in [-0.05, 0) is 63.3 Å². The van der Waals surface area contributed by atoms with Crippen molar-refractivity contribution in [2.24, 2.45) is 11.8 Å². The predicted octanol–water partition coefficient (Wildman–Crippen LogP) is 7.38. The van der Waals surface area contributed by atoms with E-state index in [9.17, 15) is 22.4 Å². The van der Waals surface area contributed by atoms with Crippen LogP contribution < -0.4 is 0 Å². The molecule has 0 aliphatic carbocycles. The molecule has 0 saturated heterocycles. The summed E-state index contributed by atoms with van der Waals surface area (Å²) in [6, 6.07) is 5.00. The van der Waals surface area contributed by atoms with Gasteiger partial charge in [-0.15, -0.1) is 0 Å². The number of pyridine rings is 1. The lowest BCUT2D eigenvalue weighted by atomic mass is 9.88. The zero-order valence-corrected chi connectivity index (χ0v) is 23.9. The van der Waals surface area contributed by atoms with Crippen molar-refractivity contribution >= 4 is 5.91 Å². The lowest BCUT2D eigenvalue weighted by molar-refractivity contribution is -0.145. The summed E-state index contributed by atoms with van der Waals surface area (Å²) in [5.74, 6) is -3.32. The topological polar surface area (TPSA) is 51.0 Å². The SMILES string of the molecule is CCC(C(=O)N1CCn2c(nc(-c3cc(F)c(F)c(F)c3)c2C(C)C)C1(C)C)C(C)C.Cc1ccc(F)cn1. The first-order valence-corrected chi connectivity index (χ1v) is 13.4. The second-order valence-corrected chi connectivity index (χ2v) is 11.2. The molecule has 0 spiro atoms. The highest BCUT2D eigenvalue weighted by Gasteiger charge is 2.43. The number of amides is 1. The molecule has 3 heterocycles. The standard InChI is InChI=1S/C24H32F3N3O.C6H6FN/c1-8-16(13(2)3)22(31)30-10-9-29-21(14(4)5)20(28-23(29)24(30,6)7)15-11-17(25)19(27)18(26)12-15;1-5-2-3-6(7)4-8-5/h11-14,16H,8-10H2,1-7H3;2-4H,1H3. The maximum absolute atomic E-state index is 14.0. The van der Waals surface area contributed by atoms with Crippen LogP contribution in [0.15, 0.2) is 30.5 Å². The summed E-state index contributed by atoms with van der Waals surface area (Å²) in [5.41, 5.74) is 1.60. The number of carbonyl (C=O) groups is 1. The van der Waals surface area contributed by atoms with Gasteiger partial charge < -0.3 is 9.47 Å². The number of imidazole rings is 1. The number of carbonyl (C=O) groups excluding carboxylic acids is 1. The van der Waals surface area contributed by atoms with Crippen molar-refractivity contribution in [3.05, 3.63) is 70.9 Å². The zero-order chi connectivity index (χ0) is 29.2. The fraction of sp³-hybridized carbons (Fsp3) is 0.500. The molecule has 0 N–H and O–H groups in total. The number of halogens is 4. The van der Waals surface area contributed by atoms with Crippen LogP contribution in [0.3, 0.4) is 0 Å². The molecule has 9 heteroatoms. The van der Waals surface area contributed by atoms with E-state index in [0.717, 1.165) is 29.9 Å². The van der Waals surface area contributed by atoms with Crippen LogP contribution in [0.4, 0.5) is 17.6 Å². The minimum absolute atomic E-state index is 0.0181. The van der Waals surface area contributed by atoms with Crippen LogP contribution in [-0.2, 0) is 16.9 Å².